The summed E-state index contributed by atoms with van der Waals surface area (Å²) in [5, 5.41) is 11.5. The molecule has 23 heavy (non-hydrogen) atoms. The summed E-state index contributed by atoms with van der Waals surface area (Å²) < 4.78 is 7.52. The van der Waals surface area contributed by atoms with Gasteiger partial charge in [-0.1, -0.05) is 0 Å². The fourth-order valence-electron chi connectivity index (χ4n) is 2.61. The highest BCUT2D eigenvalue weighted by Crippen LogP contribution is 2.29. The Morgan fingerprint density at radius 3 is 2.70 bits per heavy atom. The Kier molecular flexibility index (Phi) is 3.87. The molecule has 0 bridgehead atoms. The van der Waals surface area contributed by atoms with Crippen LogP contribution >= 0.6 is 11.3 Å². The number of carbonyl (C=O) groups is 1. The summed E-state index contributed by atoms with van der Waals surface area (Å²) in [6, 6.07) is -0.181. The zero-order chi connectivity index (χ0) is 16.8. The number of aryl methyl sites for hydroxylation is 1. The maximum absolute atomic E-state index is 12.3. The van der Waals surface area contributed by atoms with Crippen molar-refractivity contribution in [1.82, 2.24) is 24.6 Å². The van der Waals surface area contributed by atoms with Crippen molar-refractivity contribution < 1.29 is 9.53 Å². The molecule has 0 spiro atoms. The summed E-state index contributed by atoms with van der Waals surface area (Å²) in [6.07, 6.45) is -0.315. The van der Waals surface area contributed by atoms with E-state index in [2.05, 4.69) is 15.2 Å². The average Bonchev–Trinajstić information content (AvgIpc) is 3.03. The molecule has 7 nitrogen and oxygen atoms in total. The third-order valence-corrected chi connectivity index (χ3v) is 4.43. The molecule has 124 valence electrons. The fraction of sp³-hybridized carbons (Fsp3) is 0.600. The summed E-state index contributed by atoms with van der Waals surface area (Å²) in [6.45, 7) is 10.7. The molecule has 2 aromatic heterocycles. The molecule has 1 amide bonds. The number of hydrogen-bond donors (Lipinski definition) is 0. The van der Waals surface area contributed by atoms with Crippen LogP contribution in [0.5, 0.6) is 0 Å². The van der Waals surface area contributed by atoms with Gasteiger partial charge in [-0.2, -0.15) is 0 Å². The molecule has 1 atom stereocenters. The van der Waals surface area contributed by atoms with Crippen LogP contribution in [0.3, 0.4) is 0 Å². The highest BCUT2D eigenvalue weighted by molar-refractivity contribution is 7.09. The monoisotopic (exact) mass is 335 g/mol. The minimum Gasteiger partial charge on any atom is -0.444 e. The maximum atomic E-state index is 12.3. The Hall–Kier alpha value is -1.96. The van der Waals surface area contributed by atoms with Gasteiger partial charge in [0.2, 0.25) is 0 Å². The Morgan fingerprint density at radius 2 is 2.09 bits per heavy atom. The fourth-order valence-corrected chi connectivity index (χ4v) is 3.20. The Morgan fingerprint density at radius 1 is 1.35 bits per heavy atom. The third kappa shape index (κ3) is 3.08. The third-order valence-electron chi connectivity index (χ3n) is 3.66. The molecule has 0 saturated heterocycles. The second-order valence-corrected chi connectivity index (χ2v) is 7.70. The van der Waals surface area contributed by atoms with Crippen molar-refractivity contribution in [3.8, 4) is 11.5 Å². The second-order valence-electron chi connectivity index (χ2n) is 6.63. The first-order chi connectivity index (χ1) is 10.8. The maximum Gasteiger partial charge on any atom is 0.410 e. The summed E-state index contributed by atoms with van der Waals surface area (Å²) in [4.78, 5) is 18.5. The van der Waals surface area contributed by atoms with E-state index in [1.807, 2.05) is 44.6 Å². The summed E-state index contributed by atoms with van der Waals surface area (Å²) in [5.41, 5.74) is 0.328. The number of ether oxygens (including phenoxy) is 1. The predicted molar refractivity (Wildman–Crippen MR) is 87.2 cm³/mol. The molecular formula is C15H21N5O2S. The molecule has 8 heteroatoms. The molecule has 0 aromatic carbocycles. The van der Waals surface area contributed by atoms with Crippen LogP contribution in [0.15, 0.2) is 5.38 Å². The molecule has 3 rings (SSSR count). The van der Waals surface area contributed by atoms with Gasteiger partial charge in [-0.15, -0.1) is 21.5 Å². The van der Waals surface area contributed by atoms with Crippen LogP contribution in [0, 0.1) is 6.92 Å². The summed E-state index contributed by atoms with van der Waals surface area (Å²) in [5.74, 6) is 1.53. The van der Waals surface area contributed by atoms with Crippen LogP contribution < -0.4 is 0 Å². The smallest absolute Gasteiger partial charge is 0.410 e. The number of rotatable bonds is 1. The summed E-state index contributed by atoms with van der Waals surface area (Å²) >= 11 is 1.59. The van der Waals surface area contributed by atoms with Gasteiger partial charge in [0.05, 0.1) is 11.0 Å². The summed E-state index contributed by atoms with van der Waals surface area (Å²) in [7, 11) is 0. The Labute approximate surface area is 139 Å². The van der Waals surface area contributed by atoms with E-state index >= 15 is 0 Å². The van der Waals surface area contributed by atoms with Crippen LogP contribution in [0.1, 0.15) is 44.6 Å². The first-order valence-electron chi connectivity index (χ1n) is 7.61. The van der Waals surface area contributed by atoms with Crippen LogP contribution in [0.4, 0.5) is 4.79 Å². The van der Waals surface area contributed by atoms with Gasteiger partial charge in [-0.3, -0.25) is 4.90 Å². The minimum absolute atomic E-state index is 0.181. The van der Waals surface area contributed by atoms with Gasteiger partial charge >= 0.3 is 6.09 Å². The van der Waals surface area contributed by atoms with Gasteiger partial charge in [0.1, 0.15) is 11.3 Å². The highest BCUT2D eigenvalue weighted by atomic mass is 32.1. The lowest BCUT2D eigenvalue weighted by molar-refractivity contribution is 0.0121. The molecule has 2 aromatic rings. The molecule has 0 radical (unpaired) electrons. The van der Waals surface area contributed by atoms with Gasteiger partial charge in [-0.25, -0.2) is 9.78 Å². The van der Waals surface area contributed by atoms with E-state index < -0.39 is 5.60 Å². The minimum atomic E-state index is -0.509. The molecule has 0 N–H and O–H groups in total. The number of carbonyl (C=O) groups excluding carboxylic acids is 1. The molecule has 0 fully saturated rings. The van der Waals surface area contributed by atoms with E-state index in [0.717, 1.165) is 22.4 Å². The van der Waals surface area contributed by atoms with E-state index in [-0.39, 0.29) is 12.1 Å². The van der Waals surface area contributed by atoms with Crippen LogP contribution in [-0.4, -0.2) is 42.9 Å². The van der Waals surface area contributed by atoms with Crippen LogP contribution in [0.25, 0.3) is 11.5 Å². The quantitative estimate of drug-likeness (QED) is 0.801. The molecular weight excluding hydrogens is 314 g/mol. The van der Waals surface area contributed by atoms with Gasteiger partial charge in [0.25, 0.3) is 0 Å². The lowest BCUT2D eigenvalue weighted by Gasteiger charge is -2.34. The van der Waals surface area contributed by atoms with Crippen molar-refractivity contribution in [3.05, 3.63) is 16.2 Å². The molecule has 0 aliphatic carbocycles. The predicted octanol–water partition coefficient (Wildman–Crippen LogP) is 3.02. The van der Waals surface area contributed by atoms with Gasteiger partial charge < -0.3 is 9.30 Å². The number of nitrogens with zero attached hydrogens (tertiary/aromatic N) is 5. The highest BCUT2D eigenvalue weighted by Gasteiger charge is 2.34. The Balaban J connectivity index is 1.86. The van der Waals surface area contributed by atoms with Crippen LogP contribution in [-0.2, 0) is 11.3 Å². The number of aromatic nitrogens is 4. The zero-order valence-corrected chi connectivity index (χ0v) is 14.8. The standard InChI is InChI=1S/C15H21N5O2S/c1-9-12-17-18-13(11-8-23-10(2)16-11)20(12)7-6-19(9)14(21)22-15(3,4)5/h8-9H,6-7H2,1-5H3. The number of amides is 1. The Bertz CT molecular complexity index is 731. The SMILES string of the molecule is Cc1nc(-c2nnc3n2CCN(C(=O)OC(C)(C)C)C3C)cs1. The number of fused-ring (bicyclic) bond motifs is 1. The largest absolute Gasteiger partial charge is 0.444 e. The zero-order valence-electron chi connectivity index (χ0n) is 14.0. The molecule has 1 aliphatic heterocycles. The van der Waals surface area contributed by atoms with E-state index in [4.69, 9.17) is 4.74 Å². The number of thiazole rings is 1. The van der Waals surface area contributed by atoms with E-state index in [9.17, 15) is 4.79 Å². The average molecular weight is 335 g/mol. The van der Waals surface area contributed by atoms with E-state index in [0.29, 0.717) is 13.1 Å². The van der Waals surface area contributed by atoms with Gasteiger partial charge in [0, 0.05) is 18.5 Å². The number of hydrogen-bond acceptors (Lipinski definition) is 6. The van der Waals surface area contributed by atoms with E-state index in [1.54, 1.807) is 16.2 Å². The van der Waals surface area contributed by atoms with Crippen molar-refractivity contribution in [1.29, 1.82) is 0 Å². The van der Waals surface area contributed by atoms with Gasteiger partial charge in [-0.05, 0) is 34.6 Å². The van der Waals surface area contributed by atoms with Gasteiger partial charge in [0.15, 0.2) is 11.6 Å². The van der Waals surface area contributed by atoms with Crippen molar-refractivity contribution in [2.45, 2.75) is 52.8 Å². The first-order valence-corrected chi connectivity index (χ1v) is 8.49. The van der Waals surface area contributed by atoms with E-state index in [1.165, 1.54) is 0 Å². The topological polar surface area (TPSA) is 73.1 Å². The van der Waals surface area contributed by atoms with Crippen LogP contribution in [0.2, 0.25) is 0 Å². The van der Waals surface area contributed by atoms with Crippen molar-refractivity contribution in [3.63, 3.8) is 0 Å². The molecule has 1 unspecified atom stereocenters. The van der Waals surface area contributed by atoms with Crippen molar-refractivity contribution >= 4 is 17.4 Å². The van der Waals surface area contributed by atoms with Crippen molar-refractivity contribution in [2.75, 3.05) is 6.54 Å². The van der Waals surface area contributed by atoms with Crippen molar-refractivity contribution in [2.24, 2.45) is 0 Å². The first kappa shape index (κ1) is 15.9. The lowest BCUT2D eigenvalue weighted by Crippen LogP contribution is -2.43. The molecule has 1 aliphatic rings. The normalized spacial score (nSPS) is 18.0. The molecule has 3 heterocycles. The molecule has 0 saturated carbocycles. The lowest BCUT2D eigenvalue weighted by atomic mass is 10.2. The second kappa shape index (κ2) is 5.59.